The quantitative estimate of drug-likeness (QED) is 0.908. The summed E-state index contributed by atoms with van der Waals surface area (Å²) in [4.78, 5) is 18.0. The highest BCUT2D eigenvalue weighted by Gasteiger charge is 2.12. The molecule has 0 bridgehead atoms. The van der Waals surface area contributed by atoms with Gasteiger partial charge >= 0.3 is 0 Å². The summed E-state index contributed by atoms with van der Waals surface area (Å²) in [6.07, 6.45) is 1.36. The number of anilines is 1. The molecule has 0 aliphatic carbocycles. The highest BCUT2D eigenvalue weighted by atomic mass is 79.9. The largest absolute Gasteiger partial charge is 0.362 e. The first-order chi connectivity index (χ1) is 8.59. The van der Waals surface area contributed by atoms with Gasteiger partial charge in [0, 0.05) is 5.02 Å². The molecule has 18 heavy (non-hydrogen) atoms. The average molecular weight is 329 g/mol. The topological polar surface area (TPSA) is 57.8 Å². The Bertz CT molecular complexity index is 614. The lowest BCUT2D eigenvalue weighted by Crippen LogP contribution is -2.14. The van der Waals surface area contributed by atoms with E-state index in [2.05, 4.69) is 31.2 Å². The van der Waals surface area contributed by atoms with Gasteiger partial charge in [0.05, 0.1) is 12.4 Å². The lowest BCUT2D eigenvalue weighted by atomic mass is 10.1. The van der Waals surface area contributed by atoms with Crippen molar-refractivity contribution in [1.29, 1.82) is 0 Å². The summed E-state index contributed by atoms with van der Waals surface area (Å²) in [5, 5.41) is 3.82. The van der Waals surface area contributed by atoms with E-state index in [9.17, 15) is 4.79 Å². The van der Waals surface area contributed by atoms with Gasteiger partial charge in [-0.15, -0.1) is 0 Å². The number of hydrogen-bond donors (Lipinski definition) is 2. The number of rotatable bonds is 3. The molecule has 2 aromatic rings. The van der Waals surface area contributed by atoms with Crippen molar-refractivity contribution in [3.63, 3.8) is 0 Å². The van der Waals surface area contributed by atoms with Gasteiger partial charge < -0.3 is 10.3 Å². The Labute approximate surface area is 118 Å². The fraction of sp³-hybridized carbons (Fsp3) is 0.167. The second-order valence-electron chi connectivity index (χ2n) is 3.78. The van der Waals surface area contributed by atoms with Crippen molar-refractivity contribution in [3.8, 4) is 0 Å². The van der Waals surface area contributed by atoms with Crippen molar-refractivity contribution in [2.75, 3.05) is 5.32 Å². The van der Waals surface area contributed by atoms with Crippen LogP contribution in [0.25, 0.3) is 0 Å². The molecule has 1 aromatic heterocycles. The standard InChI is InChI=1S/C12H11BrClN3O/c1-7(8-4-2-3-5-9(8)14)17-11-10(13)12(18)16-6-15-11/h2-7H,1H3,(H2,15,16,17,18). The molecule has 1 atom stereocenters. The Morgan fingerprint density at radius 2 is 2.17 bits per heavy atom. The van der Waals surface area contributed by atoms with Gasteiger partial charge in [-0.05, 0) is 34.5 Å². The van der Waals surface area contributed by atoms with Gasteiger partial charge in [0.15, 0.2) is 0 Å². The third kappa shape index (κ3) is 2.73. The summed E-state index contributed by atoms with van der Waals surface area (Å²) in [5.41, 5.74) is 0.729. The summed E-state index contributed by atoms with van der Waals surface area (Å²) < 4.78 is 0.379. The molecule has 4 nitrogen and oxygen atoms in total. The Morgan fingerprint density at radius 3 is 2.89 bits per heavy atom. The molecule has 0 fully saturated rings. The van der Waals surface area contributed by atoms with E-state index in [1.54, 1.807) is 0 Å². The number of nitrogens with one attached hydrogen (secondary N) is 2. The molecule has 0 aliphatic rings. The van der Waals surface area contributed by atoms with Crippen molar-refractivity contribution in [3.05, 3.63) is 56.0 Å². The molecular formula is C12H11BrClN3O. The van der Waals surface area contributed by atoms with Gasteiger partial charge in [-0.3, -0.25) is 4.79 Å². The smallest absolute Gasteiger partial charge is 0.267 e. The van der Waals surface area contributed by atoms with Crippen LogP contribution in [-0.4, -0.2) is 9.97 Å². The fourth-order valence-corrected chi connectivity index (χ4v) is 2.22. The highest BCUT2D eigenvalue weighted by Crippen LogP contribution is 2.26. The summed E-state index contributed by atoms with van der Waals surface area (Å²) in [5.74, 6) is 0.492. The Morgan fingerprint density at radius 1 is 1.44 bits per heavy atom. The molecule has 2 N–H and O–H groups in total. The fourth-order valence-electron chi connectivity index (χ4n) is 1.59. The lowest BCUT2D eigenvalue weighted by Gasteiger charge is -2.16. The van der Waals surface area contributed by atoms with E-state index in [1.165, 1.54) is 6.33 Å². The minimum atomic E-state index is -0.223. The molecular weight excluding hydrogens is 318 g/mol. The van der Waals surface area contributed by atoms with Gasteiger partial charge in [-0.1, -0.05) is 29.8 Å². The zero-order valence-electron chi connectivity index (χ0n) is 9.58. The van der Waals surface area contributed by atoms with Crippen LogP contribution in [0.4, 0.5) is 5.82 Å². The van der Waals surface area contributed by atoms with Crippen LogP contribution < -0.4 is 10.9 Å². The van der Waals surface area contributed by atoms with Crippen LogP contribution in [0.3, 0.4) is 0 Å². The van der Waals surface area contributed by atoms with E-state index in [4.69, 9.17) is 11.6 Å². The SMILES string of the molecule is CC(Nc1nc[nH]c(=O)c1Br)c1ccccc1Cl. The van der Waals surface area contributed by atoms with E-state index >= 15 is 0 Å². The van der Waals surface area contributed by atoms with E-state index < -0.39 is 0 Å². The van der Waals surface area contributed by atoms with Crippen molar-refractivity contribution in [2.24, 2.45) is 0 Å². The van der Waals surface area contributed by atoms with Crippen LogP contribution in [0, 0.1) is 0 Å². The summed E-state index contributed by atoms with van der Waals surface area (Å²) in [6, 6.07) is 7.50. The molecule has 1 heterocycles. The minimum Gasteiger partial charge on any atom is -0.362 e. The molecule has 2 rings (SSSR count). The molecule has 1 aromatic carbocycles. The maximum absolute atomic E-state index is 11.4. The minimum absolute atomic E-state index is 0.0516. The third-order valence-corrected chi connectivity index (χ3v) is 3.60. The normalized spacial score (nSPS) is 12.2. The number of halogens is 2. The first-order valence-corrected chi connectivity index (χ1v) is 6.51. The summed E-state index contributed by atoms with van der Waals surface area (Å²) >= 11 is 9.31. The van der Waals surface area contributed by atoms with Crippen molar-refractivity contribution >= 4 is 33.3 Å². The zero-order chi connectivity index (χ0) is 13.1. The summed E-state index contributed by atoms with van der Waals surface area (Å²) in [6.45, 7) is 1.95. The number of benzene rings is 1. The molecule has 6 heteroatoms. The van der Waals surface area contributed by atoms with E-state index in [0.29, 0.717) is 15.3 Å². The van der Waals surface area contributed by atoms with Crippen LogP contribution in [0.15, 0.2) is 39.9 Å². The molecule has 94 valence electrons. The maximum atomic E-state index is 11.4. The number of H-pyrrole nitrogens is 1. The average Bonchev–Trinajstić information content (AvgIpc) is 2.35. The molecule has 1 unspecified atom stereocenters. The van der Waals surface area contributed by atoms with Gasteiger partial charge in [0.25, 0.3) is 5.56 Å². The predicted molar refractivity (Wildman–Crippen MR) is 76.0 cm³/mol. The van der Waals surface area contributed by atoms with E-state index in [1.807, 2.05) is 31.2 Å². The second kappa shape index (κ2) is 5.54. The second-order valence-corrected chi connectivity index (χ2v) is 4.98. The number of nitrogens with zero attached hydrogens (tertiary/aromatic N) is 1. The molecule has 0 radical (unpaired) electrons. The van der Waals surface area contributed by atoms with Gasteiger partial charge in [0.1, 0.15) is 10.3 Å². The van der Waals surface area contributed by atoms with Crippen molar-refractivity contribution in [2.45, 2.75) is 13.0 Å². The predicted octanol–water partition coefficient (Wildman–Crippen LogP) is 3.36. The molecule has 0 saturated heterocycles. The summed E-state index contributed by atoms with van der Waals surface area (Å²) in [7, 11) is 0. The third-order valence-electron chi connectivity index (χ3n) is 2.52. The van der Waals surface area contributed by atoms with Gasteiger partial charge in [0.2, 0.25) is 0 Å². The highest BCUT2D eigenvalue weighted by molar-refractivity contribution is 9.10. The van der Waals surface area contributed by atoms with Gasteiger partial charge in [-0.25, -0.2) is 4.98 Å². The molecule has 0 amide bonds. The Balaban J connectivity index is 2.27. The van der Waals surface area contributed by atoms with Crippen LogP contribution in [0.5, 0.6) is 0 Å². The van der Waals surface area contributed by atoms with E-state index in [-0.39, 0.29) is 11.6 Å². The Kier molecular flexibility index (Phi) is 4.04. The molecule has 0 spiro atoms. The number of aromatic amines is 1. The van der Waals surface area contributed by atoms with Gasteiger partial charge in [-0.2, -0.15) is 0 Å². The van der Waals surface area contributed by atoms with Crippen molar-refractivity contribution in [1.82, 2.24) is 9.97 Å². The number of aromatic nitrogens is 2. The molecule has 0 saturated carbocycles. The van der Waals surface area contributed by atoms with E-state index in [0.717, 1.165) is 5.56 Å². The number of hydrogen-bond acceptors (Lipinski definition) is 3. The zero-order valence-corrected chi connectivity index (χ0v) is 11.9. The van der Waals surface area contributed by atoms with Crippen LogP contribution in [0.2, 0.25) is 5.02 Å². The lowest BCUT2D eigenvalue weighted by molar-refractivity contribution is 0.867. The molecule has 0 aliphatic heterocycles. The van der Waals surface area contributed by atoms with Crippen LogP contribution in [0.1, 0.15) is 18.5 Å². The Hall–Kier alpha value is -1.33. The van der Waals surface area contributed by atoms with Crippen LogP contribution in [-0.2, 0) is 0 Å². The van der Waals surface area contributed by atoms with Crippen molar-refractivity contribution < 1.29 is 0 Å². The first kappa shape index (κ1) is 13.1. The van der Waals surface area contributed by atoms with Crippen LogP contribution >= 0.6 is 27.5 Å². The maximum Gasteiger partial charge on any atom is 0.267 e. The first-order valence-electron chi connectivity index (χ1n) is 5.33. The monoisotopic (exact) mass is 327 g/mol.